The van der Waals surface area contributed by atoms with Crippen LogP contribution in [0.1, 0.15) is 40.9 Å². The monoisotopic (exact) mass is 371 g/mol. The van der Waals surface area contributed by atoms with E-state index in [4.69, 9.17) is 0 Å². The van der Waals surface area contributed by atoms with Crippen LogP contribution in [0.4, 0.5) is 5.69 Å². The number of anilines is 1. The molecule has 0 radical (unpaired) electrons. The van der Waals surface area contributed by atoms with Crippen molar-refractivity contribution in [3.8, 4) is 0 Å². The Morgan fingerprint density at radius 3 is 2.65 bits per heavy atom. The van der Waals surface area contributed by atoms with Crippen molar-refractivity contribution in [2.24, 2.45) is 0 Å². The second kappa shape index (κ2) is 8.96. The maximum atomic E-state index is 12.6. The van der Waals surface area contributed by atoms with Crippen molar-refractivity contribution in [1.29, 1.82) is 0 Å². The van der Waals surface area contributed by atoms with Crippen LogP contribution in [0.3, 0.4) is 0 Å². The number of carbonyl (C=O) groups excluding carboxylic acids is 2. The van der Waals surface area contributed by atoms with Crippen molar-refractivity contribution in [3.63, 3.8) is 0 Å². The molecule has 1 saturated carbocycles. The van der Waals surface area contributed by atoms with Crippen LogP contribution in [-0.2, 0) is 11.3 Å². The number of hydrogen-bond acceptors (Lipinski definition) is 4. The summed E-state index contributed by atoms with van der Waals surface area (Å²) in [5.74, 6) is -0.232. The van der Waals surface area contributed by atoms with Crippen LogP contribution in [0.2, 0.25) is 0 Å². The molecule has 3 rings (SSSR count). The Hall–Kier alpha value is -2.18. The predicted molar refractivity (Wildman–Crippen MR) is 105 cm³/mol. The minimum absolute atomic E-state index is 0.111. The van der Waals surface area contributed by atoms with E-state index >= 15 is 0 Å². The summed E-state index contributed by atoms with van der Waals surface area (Å²) in [5, 5.41) is 8.00. The first-order valence-corrected chi connectivity index (χ1v) is 9.90. The van der Waals surface area contributed by atoms with E-state index in [0.29, 0.717) is 11.3 Å². The van der Waals surface area contributed by atoms with Gasteiger partial charge >= 0.3 is 0 Å². The Kier molecular flexibility index (Phi) is 6.41. The highest BCUT2D eigenvalue weighted by Crippen LogP contribution is 2.20. The third kappa shape index (κ3) is 5.16. The fourth-order valence-electron chi connectivity index (χ4n) is 3.28. The van der Waals surface area contributed by atoms with Crippen LogP contribution in [-0.4, -0.2) is 36.3 Å². The van der Waals surface area contributed by atoms with Crippen molar-refractivity contribution in [2.45, 2.75) is 38.3 Å². The Morgan fingerprint density at radius 2 is 1.92 bits per heavy atom. The number of thiophene rings is 1. The molecule has 1 aliphatic rings. The molecule has 1 fully saturated rings. The minimum Gasteiger partial charge on any atom is -0.349 e. The van der Waals surface area contributed by atoms with E-state index in [1.807, 2.05) is 35.5 Å². The highest BCUT2D eigenvalue weighted by molar-refractivity contribution is 7.09. The van der Waals surface area contributed by atoms with Crippen LogP contribution in [0.15, 0.2) is 41.8 Å². The summed E-state index contributed by atoms with van der Waals surface area (Å²) in [5.41, 5.74) is 1.09. The van der Waals surface area contributed by atoms with Gasteiger partial charge in [0.1, 0.15) is 0 Å². The summed E-state index contributed by atoms with van der Waals surface area (Å²) >= 11 is 1.68. The molecule has 2 amide bonds. The number of rotatable bonds is 7. The van der Waals surface area contributed by atoms with E-state index < -0.39 is 0 Å². The maximum Gasteiger partial charge on any atom is 0.253 e. The zero-order valence-electron chi connectivity index (χ0n) is 15.0. The standard InChI is InChI=1S/C20H25N3O2S/c1-23(13-16-9-6-12-26-16)14-19(24)22-18-11-5-4-10-17(18)20(25)21-15-7-2-3-8-15/h4-6,9-12,15H,2-3,7-8,13-14H2,1H3,(H,21,25)(H,22,24). The molecular weight excluding hydrogens is 346 g/mol. The molecule has 0 bridgehead atoms. The van der Waals surface area contributed by atoms with E-state index in [0.717, 1.165) is 19.4 Å². The van der Waals surface area contributed by atoms with Gasteiger partial charge in [-0.3, -0.25) is 14.5 Å². The van der Waals surface area contributed by atoms with E-state index in [2.05, 4.69) is 16.7 Å². The Bertz CT molecular complexity index is 739. The van der Waals surface area contributed by atoms with Gasteiger partial charge in [-0.15, -0.1) is 11.3 Å². The molecule has 26 heavy (non-hydrogen) atoms. The first-order chi connectivity index (χ1) is 12.6. The van der Waals surface area contributed by atoms with Gasteiger partial charge in [0.05, 0.1) is 17.8 Å². The third-order valence-electron chi connectivity index (χ3n) is 4.56. The number of benzene rings is 1. The first-order valence-electron chi connectivity index (χ1n) is 9.02. The molecule has 6 heteroatoms. The highest BCUT2D eigenvalue weighted by Gasteiger charge is 2.20. The van der Waals surface area contributed by atoms with Crippen molar-refractivity contribution < 1.29 is 9.59 Å². The van der Waals surface area contributed by atoms with Crippen LogP contribution in [0.5, 0.6) is 0 Å². The van der Waals surface area contributed by atoms with Gasteiger partial charge in [0, 0.05) is 17.5 Å². The molecule has 0 saturated heterocycles. The molecule has 138 valence electrons. The van der Waals surface area contributed by atoms with E-state index in [1.54, 1.807) is 23.5 Å². The quantitative estimate of drug-likeness (QED) is 0.783. The molecule has 0 aliphatic heterocycles. The molecule has 1 aromatic carbocycles. The summed E-state index contributed by atoms with van der Waals surface area (Å²) in [6.45, 7) is 1.01. The summed E-state index contributed by atoms with van der Waals surface area (Å²) in [7, 11) is 1.91. The number of nitrogens with zero attached hydrogens (tertiary/aromatic N) is 1. The van der Waals surface area contributed by atoms with Gasteiger partial charge in [0.15, 0.2) is 0 Å². The second-order valence-corrected chi connectivity index (χ2v) is 7.83. The summed E-state index contributed by atoms with van der Waals surface area (Å²) < 4.78 is 0. The molecule has 1 heterocycles. The van der Waals surface area contributed by atoms with Crippen LogP contribution < -0.4 is 10.6 Å². The fraction of sp³-hybridized carbons (Fsp3) is 0.400. The Morgan fingerprint density at radius 1 is 1.15 bits per heavy atom. The average molecular weight is 372 g/mol. The Balaban J connectivity index is 1.58. The van der Waals surface area contributed by atoms with Crippen molar-refractivity contribution in [3.05, 3.63) is 52.2 Å². The van der Waals surface area contributed by atoms with Crippen LogP contribution in [0, 0.1) is 0 Å². The van der Waals surface area contributed by atoms with Crippen molar-refractivity contribution in [1.82, 2.24) is 10.2 Å². The van der Waals surface area contributed by atoms with Gasteiger partial charge < -0.3 is 10.6 Å². The van der Waals surface area contributed by atoms with Crippen LogP contribution in [0.25, 0.3) is 0 Å². The molecule has 0 atom stereocenters. The number of nitrogens with one attached hydrogen (secondary N) is 2. The lowest BCUT2D eigenvalue weighted by Crippen LogP contribution is -2.34. The van der Waals surface area contributed by atoms with Crippen LogP contribution >= 0.6 is 11.3 Å². The van der Waals surface area contributed by atoms with Gasteiger partial charge in [-0.25, -0.2) is 0 Å². The third-order valence-corrected chi connectivity index (χ3v) is 5.42. The van der Waals surface area contributed by atoms with E-state index in [-0.39, 0.29) is 24.4 Å². The van der Waals surface area contributed by atoms with Gasteiger partial charge in [0.25, 0.3) is 5.91 Å². The molecule has 0 unspecified atom stereocenters. The lowest BCUT2D eigenvalue weighted by molar-refractivity contribution is -0.117. The molecule has 2 N–H and O–H groups in total. The number of amides is 2. The summed E-state index contributed by atoms with van der Waals surface area (Å²) in [6, 6.07) is 11.5. The van der Waals surface area contributed by atoms with Gasteiger partial charge in [-0.05, 0) is 43.5 Å². The summed E-state index contributed by atoms with van der Waals surface area (Å²) in [4.78, 5) is 28.1. The normalized spacial score (nSPS) is 14.5. The average Bonchev–Trinajstić information content (AvgIpc) is 3.29. The molecule has 0 spiro atoms. The number of hydrogen-bond donors (Lipinski definition) is 2. The smallest absolute Gasteiger partial charge is 0.253 e. The van der Waals surface area contributed by atoms with Gasteiger partial charge in [-0.1, -0.05) is 31.0 Å². The Labute approximate surface area is 158 Å². The lowest BCUT2D eigenvalue weighted by Gasteiger charge is -2.17. The number of carbonyl (C=O) groups is 2. The highest BCUT2D eigenvalue weighted by atomic mass is 32.1. The first kappa shape index (κ1) is 18.6. The van der Waals surface area contributed by atoms with E-state index in [1.165, 1.54) is 17.7 Å². The van der Waals surface area contributed by atoms with Gasteiger partial charge in [0.2, 0.25) is 5.91 Å². The number of para-hydroxylation sites is 1. The predicted octanol–water partition coefficient (Wildman–Crippen LogP) is 3.49. The maximum absolute atomic E-state index is 12.6. The molecular formula is C20H25N3O2S. The fourth-order valence-corrected chi connectivity index (χ4v) is 4.07. The van der Waals surface area contributed by atoms with Gasteiger partial charge in [-0.2, -0.15) is 0 Å². The van der Waals surface area contributed by atoms with E-state index in [9.17, 15) is 9.59 Å². The topological polar surface area (TPSA) is 61.4 Å². The largest absolute Gasteiger partial charge is 0.349 e. The zero-order chi connectivity index (χ0) is 18.4. The molecule has 1 aliphatic carbocycles. The SMILES string of the molecule is CN(CC(=O)Nc1ccccc1C(=O)NC1CCCC1)Cc1cccs1. The molecule has 5 nitrogen and oxygen atoms in total. The molecule has 2 aromatic rings. The summed E-state index contributed by atoms with van der Waals surface area (Å²) in [6.07, 6.45) is 4.40. The minimum atomic E-state index is -0.120. The lowest BCUT2D eigenvalue weighted by atomic mass is 10.1. The van der Waals surface area contributed by atoms with Crippen molar-refractivity contribution >= 4 is 28.8 Å². The number of likely N-dealkylation sites (N-methyl/N-ethyl adjacent to an activating group) is 1. The second-order valence-electron chi connectivity index (χ2n) is 6.80. The molecule has 1 aromatic heterocycles. The zero-order valence-corrected chi connectivity index (χ0v) is 15.8. The van der Waals surface area contributed by atoms with Crippen molar-refractivity contribution in [2.75, 3.05) is 18.9 Å².